The lowest BCUT2D eigenvalue weighted by Gasteiger charge is -1.84. The number of hydrogen-bond donors (Lipinski definition) is 2. The van der Waals surface area contributed by atoms with Gasteiger partial charge >= 0.3 is 5.97 Å². The van der Waals surface area contributed by atoms with Crippen LogP contribution in [0.15, 0.2) is 16.2 Å². The number of rotatable bonds is 3. The second kappa shape index (κ2) is 4.81. The summed E-state index contributed by atoms with van der Waals surface area (Å²) in [6.45, 7) is -0.288. The van der Waals surface area contributed by atoms with Gasteiger partial charge in [0, 0.05) is 12.4 Å². The van der Waals surface area contributed by atoms with E-state index in [1.807, 2.05) is 0 Å². The summed E-state index contributed by atoms with van der Waals surface area (Å²) in [7, 11) is 0. The summed E-state index contributed by atoms with van der Waals surface area (Å²) in [5, 5.41) is 8.31. The minimum absolute atomic E-state index is 0.223. The zero-order valence-electron chi connectivity index (χ0n) is 5.12. The third-order valence-electron chi connectivity index (χ3n) is 0.600. The van der Waals surface area contributed by atoms with E-state index < -0.39 is 5.97 Å². The molecule has 0 radical (unpaired) electrons. The largest absolute Gasteiger partial charge is 0.480 e. The number of halogens is 1. The van der Waals surface area contributed by atoms with Gasteiger partial charge in [-0.3, -0.25) is 9.79 Å². The third kappa shape index (κ3) is 5.11. The molecule has 0 unspecified atom stereocenters. The monoisotopic (exact) mass is 162 g/mol. The molecule has 0 fully saturated rings. The number of aliphatic carboxylic acids is 1. The summed E-state index contributed by atoms with van der Waals surface area (Å²) in [5.41, 5.74) is 4.96. The lowest BCUT2D eigenvalue weighted by molar-refractivity contribution is -0.135. The zero-order valence-corrected chi connectivity index (χ0v) is 5.88. The molecular weight excluding hydrogens is 156 g/mol. The van der Waals surface area contributed by atoms with Crippen LogP contribution in [0.25, 0.3) is 0 Å². The van der Waals surface area contributed by atoms with Gasteiger partial charge in [0.1, 0.15) is 6.54 Å². The molecule has 10 heavy (non-hydrogen) atoms. The number of carbonyl (C=O) groups is 1. The van der Waals surface area contributed by atoms with Crippen molar-refractivity contribution in [1.29, 1.82) is 0 Å². The molecule has 0 aliphatic carbocycles. The minimum atomic E-state index is -1.00. The van der Waals surface area contributed by atoms with E-state index >= 15 is 0 Å². The maximum Gasteiger partial charge on any atom is 0.325 e. The van der Waals surface area contributed by atoms with Gasteiger partial charge in [0.25, 0.3) is 0 Å². The molecule has 0 aromatic carbocycles. The van der Waals surface area contributed by atoms with Gasteiger partial charge in [0.2, 0.25) is 0 Å². The molecular formula is C5H7ClN2O2. The SMILES string of the molecule is NC=C(Cl)C=NCC(=O)O. The Morgan fingerprint density at radius 1 is 1.80 bits per heavy atom. The molecule has 0 bridgehead atoms. The highest BCUT2D eigenvalue weighted by Crippen LogP contribution is 1.92. The Kier molecular flexibility index (Phi) is 4.32. The predicted octanol–water partition coefficient (Wildman–Crippen LogP) is 0.181. The van der Waals surface area contributed by atoms with E-state index in [9.17, 15) is 4.79 Å². The van der Waals surface area contributed by atoms with Gasteiger partial charge in [-0.15, -0.1) is 0 Å². The lowest BCUT2D eigenvalue weighted by atomic mass is 10.6. The number of carboxylic acid groups (broad SMARTS) is 1. The number of nitrogens with two attached hydrogens (primary N) is 1. The van der Waals surface area contributed by atoms with E-state index in [2.05, 4.69) is 4.99 Å². The van der Waals surface area contributed by atoms with E-state index in [0.717, 1.165) is 6.20 Å². The van der Waals surface area contributed by atoms with E-state index in [4.69, 9.17) is 22.4 Å². The molecule has 0 aliphatic rings. The van der Waals surface area contributed by atoms with Crippen LogP contribution in [0, 0.1) is 0 Å². The Balaban J connectivity index is 3.67. The third-order valence-corrected chi connectivity index (χ3v) is 0.824. The first kappa shape index (κ1) is 8.97. The van der Waals surface area contributed by atoms with Gasteiger partial charge in [-0.25, -0.2) is 0 Å². The van der Waals surface area contributed by atoms with Crippen molar-refractivity contribution >= 4 is 23.8 Å². The molecule has 5 heteroatoms. The van der Waals surface area contributed by atoms with Crippen LogP contribution < -0.4 is 5.73 Å². The highest BCUT2D eigenvalue weighted by Gasteiger charge is 1.89. The first-order chi connectivity index (χ1) is 4.66. The van der Waals surface area contributed by atoms with E-state index in [1.165, 1.54) is 6.21 Å². The molecule has 0 spiro atoms. The van der Waals surface area contributed by atoms with Crippen LogP contribution >= 0.6 is 11.6 Å². The molecule has 0 rings (SSSR count). The minimum Gasteiger partial charge on any atom is -0.480 e. The average Bonchev–Trinajstić information content (AvgIpc) is 1.87. The number of carboxylic acids is 1. The molecule has 0 amide bonds. The molecule has 0 aromatic heterocycles. The predicted molar refractivity (Wildman–Crippen MR) is 39.1 cm³/mol. The molecule has 4 nitrogen and oxygen atoms in total. The van der Waals surface area contributed by atoms with Crippen molar-refractivity contribution in [2.75, 3.05) is 6.54 Å². The highest BCUT2D eigenvalue weighted by atomic mass is 35.5. The standard InChI is InChI=1S/C5H7ClN2O2/c6-4(1-7)2-8-3-5(9)10/h1-2H,3,7H2,(H,9,10). The maximum atomic E-state index is 9.86. The van der Waals surface area contributed by atoms with Gasteiger partial charge < -0.3 is 10.8 Å². The van der Waals surface area contributed by atoms with Gasteiger partial charge in [0.05, 0.1) is 5.03 Å². The van der Waals surface area contributed by atoms with Crippen LogP contribution in [0.3, 0.4) is 0 Å². The number of nitrogens with zero attached hydrogens (tertiary/aromatic N) is 1. The second-order valence-corrected chi connectivity index (χ2v) is 1.85. The maximum absolute atomic E-state index is 9.86. The Morgan fingerprint density at radius 2 is 2.40 bits per heavy atom. The van der Waals surface area contributed by atoms with E-state index in [0.29, 0.717) is 0 Å². The van der Waals surface area contributed by atoms with Crippen LogP contribution in [-0.2, 0) is 4.79 Å². The molecule has 0 saturated carbocycles. The van der Waals surface area contributed by atoms with Crippen molar-refractivity contribution in [2.24, 2.45) is 10.7 Å². The number of hydrogen-bond acceptors (Lipinski definition) is 3. The molecule has 0 heterocycles. The van der Waals surface area contributed by atoms with Gasteiger partial charge in [-0.1, -0.05) is 11.6 Å². The van der Waals surface area contributed by atoms with Gasteiger partial charge in [0.15, 0.2) is 0 Å². The van der Waals surface area contributed by atoms with E-state index in [-0.39, 0.29) is 11.6 Å². The number of aliphatic imine (C=N–C) groups is 1. The molecule has 0 saturated heterocycles. The van der Waals surface area contributed by atoms with Crippen molar-refractivity contribution in [2.45, 2.75) is 0 Å². The summed E-state index contributed by atoms with van der Waals surface area (Å²) >= 11 is 5.34. The van der Waals surface area contributed by atoms with Crippen molar-refractivity contribution < 1.29 is 9.90 Å². The molecule has 3 N–H and O–H groups in total. The van der Waals surface area contributed by atoms with Crippen molar-refractivity contribution in [3.05, 3.63) is 11.2 Å². The van der Waals surface area contributed by atoms with Crippen LogP contribution in [0.2, 0.25) is 0 Å². The highest BCUT2D eigenvalue weighted by molar-refractivity contribution is 6.39. The molecule has 0 atom stereocenters. The fraction of sp³-hybridized carbons (Fsp3) is 0.200. The van der Waals surface area contributed by atoms with Crippen LogP contribution in [-0.4, -0.2) is 23.8 Å². The van der Waals surface area contributed by atoms with Crippen molar-refractivity contribution in [3.63, 3.8) is 0 Å². The summed E-state index contributed by atoms with van der Waals surface area (Å²) in [4.78, 5) is 13.3. The Hall–Kier alpha value is -1.03. The first-order valence-corrected chi connectivity index (χ1v) is 2.83. The summed E-state index contributed by atoms with van der Waals surface area (Å²) in [5.74, 6) is -1.00. The van der Waals surface area contributed by atoms with E-state index in [1.54, 1.807) is 0 Å². The first-order valence-electron chi connectivity index (χ1n) is 2.46. The smallest absolute Gasteiger partial charge is 0.325 e. The summed E-state index contributed by atoms with van der Waals surface area (Å²) < 4.78 is 0. The van der Waals surface area contributed by atoms with Crippen LogP contribution in [0.5, 0.6) is 0 Å². The fourth-order valence-corrected chi connectivity index (χ4v) is 0.323. The lowest BCUT2D eigenvalue weighted by Crippen LogP contribution is -1.99. The molecule has 0 aromatic rings. The average molecular weight is 163 g/mol. The zero-order chi connectivity index (χ0) is 7.98. The van der Waals surface area contributed by atoms with Crippen molar-refractivity contribution in [3.8, 4) is 0 Å². The second-order valence-electron chi connectivity index (χ2n) is 1.42. The fourth-order valence-electron chi connectivity index (χ4n) is 0.254. The number of allylic oxidation sites excluding steroid dienone is 1. The van der Waals surface area contributed by atoms with Gasteiger partial charge in [-0.2, -0.15) is 0 Å². The normalized spacial score (nSPS) is 12.3. The van der Waals surface area contributed by atoms with Gasteiger partial charge in [-0.05, 0) is 0 Å². The molecule has 0 aliphatic heterocycles. The van der Waals surface area contributed by atoms with Crippen LogP contribution in [0.1, 0.15) is 0 Å². The Bertz CT molecular complexity index is 176. The molecule has 56 valence electrons. The van der Waals surface area contributed by atoms with Crippen LogP contribution in [0.4, 0.5) is 0 Å². The quantitative estimate of drug-likeness (QED) is 0.582. The Morgan fingerprint density at radius 3 is 2.80 bits per heavy atom. The topological polar surface area (TPSA) is 75.7 Å². The summed E-state index contributed by atoms with van der Waals surface area (Å²) in [6.07, 6.45) is 2.32. The summed E-state index contributed by atoms with van der Waals surface area (Å²) in [6, 6.07) is 0. The van der Waals surface area contributed by atoms with Crippen molar-refractivity contribution in [1.82, 2.24) is 0 Å². The Labute approximate surface area is 63.0 Å².